The molecular formula is C15H12ClF2N3O3S. The van der Waals surface area contributed by atoms with Gasteiger partial charge in [-0.3, -0.25) is 0 Å². The average Bonchev–Trinajstić information content (AvgIpc) is 2.92. The van der Waals surface area contributed by atoms with Gasteiger partial charge in [0.1, 0.15) is 16.7 Å². The van der Waals surface area contributed by atoms with Crippen LogP contribution in [0.15, 0.2) is 30.5 Å². The van der Waals surface area contributed by atoms with Gasteiger partial charge in [0.05, 0.1) is 23.2 Å². The maximum atomic E-state index is 12.4. The Kier molecular flexibility index (Phi) is 4.87. The highest BCUT2D eigenvalue weighted by Gasteiger charge is 2.21. The van der Waals surface area contributed by atoms with Gasteiger partial charge in [0.25, 0.3) is 0 Å². The van der Waals surface area contributed by atoms with E-state index in [-0.39, 0.29) is 23.0 Å². The largest absolute Gasteiger partial charge is 0.493 e. The highest BCUT2D eigenvalue weighted by molar-refractivity contribution is 7.83. The van der Waals surface area contributed by atoms with Crippen LogP contribution in [0.2, 0.25) is 5.02 Å². The molecule has 0 radical (unpaired) electrons. The molecular weight excluding hydrogens is 376 g/mol. The predicted molar refractivity (Wildman–Crippen MR) is 90.6 cm³/mol. The van der Waals surface area contributed by atoms with Gasteiger partial charge in [0.15, 0.2) is 17.3 Å². The third kappa shape index (κ3) is 3.29. The number of fused-ring (bicyclic) bond motifs is 1. The standard InChI is InChI=1S/C15H12ClF2N3O3S/c1-23-13-9(16)5-6-19-12(13)14-20-10-7-8(24-15(17)18)3-4-11(10)21(14)25(2)22/h3-7,15H,1-2H3. The van der Waals surface area contributed by atoms with E-state index in [0.717, 1.165) is 0 Å². The van der Waals surface area contributed by atoms with Crippen molar-refractivity contribution in [3.05, 3.63) is 35.5 Å². The van der Waals surface area contributed by atoms with Gasteiger partial charge < -0.3 is 9.47 Å². The number of ether oxygens (including phenoxy) is 2. The lowest BCUT2D eigenvalue weighted by atomic mass is 10.3. The quantitative estimate of drug-likeness (QED) is 0.670. The van der Waals surface area contributed by atoms with Gasteiger partial charge in [-0.2, -0.15) is 8.78 Å². The van der Waals surface area contributed by atoms with Gasteiger partial charge in [0, 0.05) is 18.5 Å². The van der Waals surface area contributed by atoms with E-state index in [2.05, 4.69) is 14.7 Å². The first-order valence-electron chi connectivity index (χ1n) is 6.92. The summed E-state index contributed by atoms with van der Waals surface area (Å²) in [6.07, 6.45) is 2.93. The lowest BCUT2D eigenvalue weighted by molar-refractivity contribution is -0.0497. The summed E-state index contributed by atoms with van der Waals surface area (Å²) in [4.78, 5) is 8.58. The Hall–Kier alpha value is -2.26. The minimum absolute atomic E-state index is 0.0494. The number of alkyl halides is 2. The number of hydrogen-bond acceptors (Lipinski definition) is 5. The molecule has 2 aromatic heterocycles. The van der Waals surface area contributed by atoms with Gasteiger partial charge in [-0.25, -0.2) is 18.1 Å². The number of hydrogen-bond donors (Lipinski definition) is 0. The van der Waals surface area contributed by atoms with E-state index >= 15 is 0 Å². The maximum absolute atomic E-state index is 12.4. The number of nitrogens with zero attached hydrogens (tertiary/aromatic N) is 3. The summed E-state index contributed by atoms with van der Waals surface area (Å²) in [6.45, 7) is -2.95. The molecule has 132 valence electrons. The third-order valence-corrected chi connectivity index (χ3v) is 4.52. The highest BCUT2D eigenvalue weighted by atomic mass is 35.5. The summed E-state index contributed by atoms with van der Waals surface area (Å²) in [5, 5.41) is 0.315. The fraction of sp³-hybridized carbons (Fsp3) is 0.200. The van der Waals surface area contributed by atoms with Crippen LogP contribution in [0.1, 0.15) is 0 Å². The van der Waals surface area contributed by atoms with Crippen LogP contribution in [0.3, 0.4) is 0 Å². The van der Waals surface area contributed by atoms with Crippen molar-refractivity contribution in [1.29, 1.82) is 0 Å². The monoisotopic (exact) mass is 387 g/mol. The molecule has 0 spiro atoms. The molecule has 0 aliphatic heterocycles. The minimum atomic E-state index is -2.95. The molecule has 10 heteroatoms. The molecule has 3 rings (SSSR count). The van der Waals surface area contributed by atoms with Gasteiger partial charge in [0.2, 0.25) is 0 Å². The molecule has 0 aliphatic rings. The fourth-order valence-corrected chi connectivity index (χ4v) is 3.43. The van der Waals surface area contributed by atoms with E-state index in [9.17, 15) is 13.0 Å². The summed E-state index contributed by atoms with van der Waals surface area (Å²) in [5.41, 5.74) is 1.09. The van der Waals surface area contributed by atoms with Crippen molar-refractivity contribution in [2.24, 2.45) is 0 Å². The second kappa shape index (κ2) is 6.93. The summed E-state index contributed by atoms with van der Waals surface area (Å²) in [6, 6.07) is 5.74. The van der Waals surface area contributed by atoms with Crippen LogP contribution in [-0.2, 0) is 11.0 Å². The Balaban J connectivity index is 2.26. The Morgan fingerprint density at radius 1 is 1.32 bits per heavy atom. The second-order valence-electron chi connectivity index (χ2n) is 4.86. The van der Waals surface area contributed by atoms with Gasteiger partial charge in [-0.15, -0.1) is 0 Å². The first-order valence-corrected chi connectivity index (χ1v) is 8.81. The number of halogens is 3. The van der Waals surface area contributed by atoms with Crippen molar-refractivity contribution in [3.8, 4) is 23.0 Å². The minimum Gasteiger partial charge on any atom is -0.493 e. The van der Waals surface area contributed by atoms with Crippen LogP contribution < -0.4 is 9.47 Å². The van der Waals surface area contributed by atoms with Crippen LogP contribution in [0.25, 0.3) is 22.6 Å². The number of aromatic nitrogens is 3. The molecule has 2 heterocycles. The molecule has 0 saturated heterocycles. The number of imidazole rings is 1. The molecule has 0 saturated carbocycles. The Labute approximate surface area is 148 Å². The number of benzene rings is 1. The molecule has 1 atom stereocenters. The number of rotatable bonds is 5. The lowest BCUT2D eigenvalue weighted by Gasteiger charge is -2.10. The Bertz CT molecular complexity index is 965. The Morgan fingerprint density at radius 2 is 2.08 bits per heavy atom. The molecule has 1 aromatic carbocycles. The second-order valence-corrected chi connectivity index (χ2v) is 6.48. The molecule has 0 N–H and O–H groups in total. The molecule has 1 unspecified atom stereocenters. The zero-order valence-electron chi connectivity index (χ0n) is 13.1. The van der Waals surface area contributed by atoms with Gasteiger partial charge in [-0.05, 0) is 18.2 Å². The molecule has 6 nitrogen and oxygen atoms in total. The van der Waals surface area contributed by atoms with Crippen LogP contribution in [0.4, 0.5) is 8.78 Å². The molecule has 0 fully saturated rings. The summed E-state index contributed by atoms with van der Waals surface area (Å²) in [7, 11) is -0.0647. The van der Waals surface area contributed by atoms with Crippen LogP contribution in [0.5, 0.6) is 11.5 Å². The number of pyridine rings is 1. The molecule has 0 bridgehead atoms. The van der Waals surface area contributed by atoms with Gasteiger partial charge >= 0.3 is 6.61 Å². The van der Waals surface area contributed by atoms with Crippen molar-refractivity contribution in [2.45, 2.75) is 6.61 Å². The summed E-state index contributed by atoms with van der Waals surface area (Å²) < 4.78 is 48.1. The zero-order chi connectivity index (χ0) is 18.1. The van der Waals surface area contributed by atoms with Crippen LogP contribution in [-0.4, -0.2) is 38.1 Å². The first kappa shape index (κ1) is 17.6. The van der Waals surface area contributed by atoms with E-state index in [1.54, 1.807) is 6.07 Å². The first-order chi connectivity index (χ1) is 11.9. The molecule has 0 aliphatic carbocycles. The van der Waals surface area contributed by atoms with E-state index in [1.807, 2.05) is 0 Å². The molecule has 0 amide bonds. The van der Waals surface area contributed by atoms with Crippen LogP contribution >= 0.6 is 11.6 Å². The number of methoxy groups -OCH3 is 1. The average molecular weight is 388 g/mol. The van der Waals surface area contributed by atoms with Crippen molar-refractivity contribution in [2.75, 3.05) is 13.4 Å². The van der Waals surface area contributed by atoms with E-state index in [1.165, 1.54) is 41.7 Å². The summed E-state index contributed by atoms with van der Waals surface area (Å²) in [5.74, 6) is 0.464. The summed E-state index contributed by atoms with van der Waals surface area (Å²) >= 11 is 6.11. The topological polar surface area (TPSA) is 66.2 Å². The van der Waals surface area contributed by atoms with Crippen molar-refractivity contribution in [1.82, 2.24) is 13.9 Å². The van der Waals surface area contributed by atoms with Crippen molar-refractivity contribution < 1.29 is 22.5 Å². The fourth-order valence-electron chi connectivity index (χ4n) is 2.40. The zero-order valence-corrected chi connectivity index (χ0v) is 14.6. The smallest absolute Gasteiger partial charge is 0.387 e. The Morgan fingerprint density at radius 3 is 2.72 bits per heavy atom. The molecule has 3 aromatic rings. The van der Waals surface area contributed by atoms with E-state index < -0.39 is 17.6 Å². The van der Waals surface area contributed by atoms with E-state index in [4.69, 9.17) is 16.3 Å². The highest BCUT2D eigenvalue weighted by Crippen LogP contribution is 2.36. The maximum Gasteiger partial charge on any atom is 0.387 e. The normalized spacial score (nSPS) is 12.6. The SMILES string of the molecule is COc1c(Cl)ccnc1-c1nc2cc(OC(F)F)ccc2n1S(C)=O. The van der Waals surface area contributed by atoms with Crippen molar-refractivity contribution in [3.63, 3.8) is 0 Å². The van der Waals surface area contributed by atoms with E-state index in [0.29, 0.717) is 16.1 Å². The van der Waals surface area contributed by atoms with Crippen molar-refractivity contribution >= 4 is 33.6 Å². The van der Waals surface area contributed by atoms with Crippen LogP contribution in [0, 0.1) is 0 Å². The third-order valence-electron chi connectivity index (χ3n) is 3.34. The molecule has 25 heavy (non-hydrogen) atoms. The lowest BCUT2D eigenvalue weighted by Crippen LogP contribution is -2.06. The van der Waals surface area contributed by atoms with Gasteiger partial charge in [-0.1, -0.05) is 11.6 Å². The predicted octanol–water partition coefficient (Wildman–Crippen LogP) is 3.50.